The first-order chi connectivity index (χ1) is 24.0. The molecule has 0 unspecified atom stereocenters. The second-order valence-electron chi connectivity index (χ2n) is 11.5. The van der Waals surface area contributed by atoms with Crippen molar-refractivity contribution in [2.45, 2.75) is 23.7 Å². The largest absolute Gasteiger partial charge is 0.456 e. The Morgan fingerprint density at radius 2 is 1.84 bits per heavy atom. The molecule has 2 N–H and O–H groups in total. The summed E-state index contributed by atoms with van der Waals surface area (Å²) in [7, 11) is 1.92. The molecule has 11 nitrogen and oxygen atoms in total. The average Bonchev–Trinajstić information content (AvgIpc) is 3.89. The summed E-state index contributed by atoms with van der Waals surface area (Å²) in [6.45, 7) is 2.73. The fourth-order valence-corrected chi connectivity index (χ4v) is 6.59. The maximum absolute atomic E-state index is 15.9. The van der Waals surface area contributed by atoms with Crippen molar-refractivity contribution in [1.82, 2.24) is 34.4 Å². The monoisotopic (exact) mass is 697 g/mol. The number of carbonyl (C=O) groups excluding carboxylic acids is 1. The molecule has 0 spiro atoms. The number of ether oxygens (including phenoxy) is 1. The topological polar surface area (TPSA) is 123 Å². The van der Waals surface area contributed by atoms with Crippen molar-refractivity contribution < 1.29 is 13.9 Å². The predicted octanol–water partition coefficient (Wildman–Crippen LogP) is 6.38. The van der Waals surface area contributed by atoms with E-state index >= 15 is 4.39 Å². The summed E-state index contributed by atoms with van der Waals surface area (Å²) in [5.41, 5.74) is 1.92. The minimum absolute atomic E-state index is 0.0508. The molecular weight excluding hydrogens is 665 g/mol. The number of hydrogen-bond donors (Lipinski definition) is 2. The van der Waals surface area contributed by atoms with Crippen LogP contribution in [0.4, 0.5) is 15.9 Å². The molecule has 8 rings (SSSR count). The van der Waals surface area contributed by atoms with Crippen LogP contribution >= 0.6 is 23.5 Å². The Morgan fingerprint density at radius 3 is 2.57 bits per heavy atom. The number of nitrogens with zero attached hydrogens (tertiary/aromatic N) is 7. The first-order valence-electron chi connectivity index (χ1n) is 16.0. The number of pyridine rings is 1. The number of aldehydes is 1. The molecule has 250 valence electrons. The third kappa shape index (κ3) is 7.28. The first kappa shape index (κ1) is 32.7. The third-order valence-corrected chi connectivity index (χ3v) is 9.38. The summed E-state index contributed by atoms with van der Waals surface area (Å²) in [6, 6.07) is 19.3. The van der Waals surface area contributed by atoms with E-state index in [9.17, 15) is 4.79 Å². The molecule has 1 saturated carbocycles. The van der Waals surface area contributed by atoms with Crippen molar-refractivity contribution in [3.63, 3.8) is 0 Å². The van der Waals surface area contributed by atoms with Crippen LogP contribution in [0.15, 0.2) is 78.1 Å². The number of carbonyl (C=O) groups is 1. The van der Waals surface area contributed by atoms with E-state index in [2.05, 4.69) is 59.9 Å². The standard InChI is InChI=1S/C23H19ClFN5O2.C12H14N4S/c24-17-6-2-4-14-3-1-5-15(18(14)17)20-19(25)21-16(13-27-20)22(30-9-7-26-8-10-30)29-23(28-21)32-12-11-31;1-13-10-4-6-11(7-5-10)17-16-8-14-12(15-16)9-2-3-9/h1-6,11,13,26H,7-10,12H2;4-9,13H,2-3H2,1H3. The van der Waals surface area contributed by atoms with Gasteiger partial charge in [0.1, 0.15) is 30.0 Å². The number of aromatic nitrogens is 6. The molecule has 2 aliphatic rings. The van der Waals surface area contributed by atoms with E-state index in [1.807, 2.05) is 40.3 Å². The highest BCUT2D eigenvalue weighted by molar-refractivity contribution is 7.97. The van der Waals surface area contributed by atoms with Crippen LogP contribution in [-0.2, 0) is 4.79 Å². The van der Waals surface area contributed by atoms with Crippen molar-refractivity contribution >= 4 is 63.0 Å². The van der Waals surface area contributed by atoms with E-state index < -0.39 is 5.82 Å². The zero-order valence-corrected chi connectivity index (χ0v) is 28.2. The van der Waals surface area contributed by atoms with Crippen LogP contribution in [0, 0.1) is 5.82 Å². The molecule has 2 fully saturated rings. The van der Waals surface area contributed by atoms with Crippen molar-refractivity contribution in [3.8, 4) is 17.3 Å². The highest BCUT2D eigenvalue weighted by Crippen LogP contribution is 2.39. The Kier molecular flexibility index (Phi) is 9.82. The molecule has 0 amide bonds. The molecule has 3 aromatic carbocycles. The number of fused-ring (bicyclic) bond motifs is 2. The van der Waals surface area contributed by atoms with E-state index in [0.29, 0.717) is 47.1 Å². The van der Waals surface area contributed by atoms with Crippen LogP contribution in [0.25, 0.3) is 32.9 Å². The summed E-state index contributed by atoms with van der Waals surface area (Å²) in [6.07, 6.45) is 6.47. The van der Waals surface area contributed by atoms with Crippen molar-refractivity contribution in [1.29, 1.82) is 0 Å². The van der Waals surface area contributed by atoms with Crippen LogP contribution in [0.2, 0.25) is 5.02 Å². The lowest BCUT2D eigenvalue weighted by Gasteiger charge is -2.29. The number of halogens is 2. The van der Waals surface area contributed by atoms with Crippen LogP contribution in [0.1, 0.15) is 24.6 Å². The molecule has 0 atom stereocenters. The third-order valence-electron chi connectivity index (χ3n) is 8.22. The molecule has 0 radical (unpaired) electrons. The normalized spacial score (nSPS) is 14.4. The van der Waals surface area contributed by atoms with Gasteiger partial charge in [-0.05, 0) is 48.6 Å². The van der Waals surface area contributed by atoms with Gasteiger partial charge in [-0.1, -0.05) is 41.9 Å². The lowest BCUT2D eigenvalue weighted by atomic mass is 10.0. The minimum Gasteiger partial charge on any atom is -0.456 e. The van der Waals surface area contributed by atoms with Gasteiger partial charge in [0.25, 0.3) is 0 Å². The quantitative estimate of drug-likeness (QED) is 0.164. The molecule has 6 aromatic rings. The molecule has 0 bridgehead atoms. The molecule has 4 heterocycles. The Hall–Kier alpha value is -4.85. The lowest BCUT2D eigenvalue weighted by molar-refractivity contribution is -0.109. The van der Waals surface area contributed by atoms with Crippen molar-refractivity contribution in [2.75, 3.05) is 50.1 Å². The van der Waals surface area contributed by atoms with Crippen LogP contribution in [0.5, 0.6) is 6.01 Å². The van der Waals surface area contributed by atoms with Gasteiger partial charge < -0.3 is 20.3 Å². The van der Waals surface area contributed by atoms with E-state index in [1.165, 1.54) is 12.8 Å². The SMILES string of the molecule is CNc1ccc(Sn2cnc(C3CC3)n2)cc1.O=CCOc1nc(N2CCNCC2)c2cnc(-c3cccc4cccc(Cl)c34)c(F)c2n1. The predicted molar refractivity (Wildman–Crippen MR) is 191 cm³/mol. The average molecular weight is 698 g/mol. The Labute approximate surface area is 291 Å². The summed E-state index contributed by atoms with van der Waals surface area (Å²) in [4.78, 5) is 31.5. The highest BCUT2D eigenvalue weighted by Gasteiger charge is 2.27. The van der Waals surface area contributed by atoms with Gasteiger partial charge in [0, 0.05) is 83.8 Å². The van der Waals surface area contributed by atoms with Gasteiger partial charge in [-0.3, -0.25) is 9.78 Å². The first-order valence-corrected chi connectivity index (χ1v) is 17.1. The van der Waals surface area contributed by atoms with E-state index in [1.54, 1.807) is 36.6 Å². The maximum Gasteiger partial charge on any atom is 0.319 e. The van der Waals surface area contributed by atoms with Gasteiger partial charge in [0.05, 0.1) is 5.39 Å². The number of nitrogens with one attached hydrogen (secondary N) is 2. The van der Waals surface area contributed by atoms with Gasteiger partial charge in [-0.15, -0.1) is 5.10 Å². The molecule has 1 saturated heterocycles. The summed E-state index contributed by atoms with van der Waals surface area (Å²) < 4.78 is 23.1. The summed E-state index contributed by atoms with van der Waals surface area (Å²) >= 11 is 8.04. The smallest absolute Gasteiger partial charge is 0.319 e. The second-order valence-corrected chi connectivity index (χ2v) is 13.0. The Balaban J connectivity index is 0.000000186. The van der Waals surface area contributed by atoms with Gasteiger partial charge in [0.2, 0.25) is 0 Å². The van der Waals surface area contributed by atoms with Crippen molar-refractivity contribution in [3.05, 3.63) is 89.9 Å². The Bertz CT molecular complexity index is 2100. The lowest BCUT2D eigenvalue weighted by Crippen LogP contribution is -2.44. The number of piperazine rings is 1. The van der Waals surface area contributed by atoms with Crippen LogP contribution < -0.4 is 20.3 Å². The zero-order chi connectivity index (χ0) is 33.7. The summed E-state index contributed by atoms with van der Waals surface area (Å²) in [5.74, 6) is 1.55. The molecule has 1 aliphatic carbocycles. The molecule has 3 aromatic heterocycles. The number of benzene rings is 3. The number of anilines is 2. The van der Waals surface area contributed by atoms with E-state index in [4.69, 9.17) is 16.3 Å². The van der Waals surface area contributed by atoms with Gasteiger partial charge >= 0.3 is 6.01 Å². The fourth-order valence-electron chi connectivity index (χ4n) is 5.62. The van der Waals surface area contributed by atoms with Gasteiger partial charge in [-0.25, -0.2) is 9.37 Å². The Morgan fingerprint density at radius 1 is 1.06 bits per heavy atom. The maximum atomic E-state index is 15.9. The highest BCUT2D eigenvalue weighted by atomic mass is 35.5. The molecule has 14 heteroatoms. The number of rotatable bonds is 9. The van der Waals surface area contributed by atoms with Crippen LogP contribution in [0.3, 0.4) is 0 Å². The van der Waals surface area contributed by atoms with Crippen molar-refractivity contribution in [2.24, 2.45) is 0 Å². The fraction of sp³-hybridized carbons (Fsp3) is 0.257. The zero-order valence-electron chi connectivity index (χ0n) is 26.6. The minimum atomic E-state index is -0.593. The van der Waals surface area contributed by atoms with Gasteiger partial charge in [0.15, 0.2) is 17.9 Å². The second kappa shape index (κ2) is 14.7. The molecule has 1 aliphatic heterocycles. The van der Waals surface area contributed by atoms with Crippen LogP contribution in [-0.4, -0.2) is 75.2 Å². The molecule has 49 heavy (non-hydrogen) atoms. The van der Waals surface area contributed by atoms with E-state index in [-0.39, 0.29) is 23.8 Å². The van der Waals surface area contributed by atoms with Gasteiger partial charge in [-0.2, -0.15) is 14.1 Å². The molecular formula is C35H33ClFN9O2S. The number of hydrogen-bond acceptors (Lipinski definition) is 11. The summed E-state index contributed by atoms with van der Waals surface area (Å²) in [5, 5.41) is 13.4. The van der Waals surface area contributed by atoms with E-state index in [0.717, 1.165) is 40.3 Å².